The Morgan fingerprint density at radius 3 is 2.27 bits per heavy atom. The van der Waals surface area contributed by atoms with Crippen molar-refractivity contribution in [2.24, 2.45) is 0 Å². The molecule has 2 fully saturated rings. The molecule has 0 saturated carbocycles. The molecule has 1 aromatic carbocycles. The minimum Gasteiger partial charge on any atom is -0.389 e. The van der Waals surface area contributed by atoms with Gasteiger partial charge in [0.25, 0.3) is 5.91 Å². The molecule has 0 aromatic heterocycles. The Labute approximate surface area is 178 Å². The molecule has 2 saturated heterocycles. The Balaban J connectivity index is 1.54. The molecular weight excluding hydrogens is 390 g/mol. The van der Waals surface area contributed by atoms with Gasteiger partial charge in [-0.15, -0.1) is 0 Å². The van der Waals surface area contributed by atoms with Crippen LogP contribution in [0, 0.1) is 0 Å². The highest BCUT2D eigenvalue weighted by molar-refractivity contribution is 5.94. The average Bonchev–Trinajstić information content (AvgIpc) is 3.21. The summed E-state index contributed by atoms with van der Waals surface area (Å²) in [6, 6.07) is 9.00. The molecule has 8 nitrogen and oxygen atoms in total. The molecule has 1 N–H and O–H groups in total. The third-order valence-corrected chi connectivity index (χ3v) is 4.91. The van der Waals surface area contributed by atoms with Crippen molar-refractivity contribution in [2.75, 3.05) is 39.5 Å². The quantitative estimate of drug-likeness (QED) is 0.648. The smallest absolute Gasteiger partial charge is 0.254 e. The first-order valence-electron chi connectivity index (χ1n) is 10.4. The van der Waals surface area contributed by atoms with E-state index in [1.165, 1.54) is 0 Å². The maximum Gasteiger partial charge on any atom is 0.254 e. The molecule has 1 amide bonds. The van der Waals surface area contributed by atoms with Crippen molar-refractivity contribution in [3.63, 3.8) is 0 Å². The average molecular weight is 424 g/mol. The number of ether oxygens (including phenoxy) is 5. The van der Waals surface area contributed by atoms with Crippen LogP contribution >= 0.6 is 0 Å². The van der Waals surface area contributed by atoms with E-state index in [2.05, 4.69) is 0 Å². The summed E-state index contributed by atoms with van der Waals surface area (Å²) < 4.78 is 28.3. The number of benzene rings is 1. The van der Waals surface area contributed by atoms with Crippen LogP contribution in [0.2, 0.25) is 0 Å². The van der Waals surface area contributed by atoms with Gasteiger partial charge < -0.3 is 33.7 Å². The third kappa shape index (κ3) is 6.73. The van der Waals surface area contributed by atoms with Gasteiger partial charge in [-0.1, -0.05) is 18.2 Å². The largest absolute Gasteiger partial charge is 0.389 e. The summed E-state index contributed by atoms with van der Waals surface area (Å²) in [5.74, 6) is -1.45. The van der Waals surface area contributed by atoms with Crippen LogP contribution in [0.1, 0.15) is 38.1 Å². The molecule has 168 valence electrons. The SMILES string of the molecule is CC1(C)OC[C@H](CN(CC(O)COC[C@H]2COC(C)(C)O2)C(=O)c2ccccc2)O1. The van der Waals surface area contributed by atoms with E-state index in [9.17, 15) is 9.90 Å². The first kappa shape index (κ1) is 23.1. The zero-order chi connectivity index (χ0) is 21.8. The summed E-state index contributed by atoms with van der Waals surface area (Å²) in [5, 5.41) is 10.5. The summed E-state index contributed by atoms with van der Waals surface area (Å²) >= 11 is 0. The predicted octanol–water partition coefficient (Wildman–Crippen LogP) is 1.81. The van der Waals surface area contributed by atoms with E-state index < -0.39 is 17.7 Å². The van der Waals surface area contributed by atoms with Crippen LogP contribution in [-0.2, 0) is 23.7 Å². The van der Waals surface area contributed by atoms with Crippen LogP contribution in [0.5, 0.6) is 0 Å². The number of nitrogens with zero attached hydrogens (tertiary/aromatic N) is 1. The molecule has 0 spiro atoms. The first-order valence-corrected chi connectivity index (χ1v) is 10.4. The molecule has 3 atom stereocenters. The molecule has 2 aliphatic heterocycles. The Bertz CT molecular complexity index is 694. The highest BCUT2D eigenvalue weighted by Gasteiger charge is 2.35. The van der Waals surface area contributed by atoms with Crippen LogP contribution in [0.4, 0.5) is 0 Å². The molecule has 0 bridgehead atoms. The fourth-order valence-electron chi connectivity index (χ4n) is 3.59. The van der Waals surface area contributed by atoms with E-state index in [1.807, 2.05) is 45.9 Å². The Morgan fingerprint density at radius 2 is 1.70 bits per heavy atom. The van der Waals surface area contributed by atoms with Gasteiger partial charge in [-0.3, -0.25) is 4.79 Å². The number of carbonyl (C=O) groups excluding carboxylic acids is 1. The lowest BCUT2D eigenvalue weighted by molar-refractivity contribution is -0.146. The number of rotatable bonds is 9. The molecule has 30 heavy (non-hydrogen) atoms. The third-order valence-electron chi connectivity index (χ3n) is 4.91. The van der Waals surface area contributed by atoms with Crippen molar-refractivity contribution in [1.29, 1.82) is 0 Å². The van der Waals surface area contributed by atoms with Gasteiger partial charge in [0.05, 0.1) is 32.5 Å². The fraction of sp³-hybridized carbons (Fsp3) is 0.682. The Morgan fingerprint density at radius 1 is 1.10 bits per heavy atom. The van der Waals surface area contributed by atoms with E-state index in [1.54, 1.807) is 17.0 Å². The van der Waals surface area contributed by atoms with E-state index in [4.69, 9.17) is 23.7 Å². The normalized spacial score (nSPS) is 25.9. The van der Waals surface area contributed by atoms with Crippen molar-refractivity contribution in [1.82, 2.24) is 4.90 Å². The zero-order valence-corrected chi connectivity index (χ0v) is 18.2. The number of aliphatic hydroxyl groups is 1. The number of hydrogen-bond acceptors (Lipinski definition) is 7. The van der Waals surface area contributed by atoms with E-state index in [0.717, 1.165) is 0 Å². The highest BCUT2D eigenvalue weighted by atomic mass is 16.8. The van der Waals surface area contributed by atoms with E-state index >= 15 is 0 Å². The standard InChI is InChI=1S/C22H33NO7/c1-21(2)27-14-18(29-21)11-23(20(25)16-8-6-5-7-9-16)10-17(24)12-26-13-19-15-28-22(3,4)30-19/h5-9,17-19,24H,10-15H2,1-4H3/t17?,18-,19-/m0/s1. The van der Waals surface area contributed by atoms with Crippen LogP contribution < -0.4 is 0 Å². The molecule has 0 radical (unpaired) electrons. The summed E-state index contributed by atoms with van der Waals surface area (Å²) in [5.41, 5.74) is 0.558. The number of hydrogen-bond donors (Lipinski definition) is 1. The lowest BCUT2D eigenvalue weighted by Gasteiger charge is -2.28. The van der Waals surface area contributed by atoms with Crippen molar-refractivity contribution in [2.45, 2.75) is 57.6 Å². The van der Waals surface area contributed by atoms with E-state index in [0.29, 0.717) is 31.9 Å². The second kappa shape index (κ2) is 9.72. The van der Waals surface area contributed by atoms with Crippen LogP contribution in [0.25, 0.3) is 0 Å². The summed E-state index contributed by atoms with van der Waals surface area (Å²) in [6.07, 6.45) is -1.27. The van der Waals surface area contributed by atoms with Crippen molar-refractivity contribution in [3.05, 3.63) is 35.9 Å². The highest BCUT2D eigenvalue weighted by Crippen LogP contribution is 2.24. The van der Waals surface area contributed by atoms with Crippen LogP contribution in [-0.4, -0.2) is 85.3 Å². The van der Waals surface area contributed by atoms with E-state index in [-0.39, 0.29) is 31.3 Å². The summed E-state index contributed by atoms with van der Waals surface area (Å²) in [7, 11) is 0. The summed E-state index contributed by atoms with van der Waals surface area (Å²) in [6.45, 7) is 9.10. The molecule has 2 aliphatic rings. The second-order valence-corrected chi connectivity index (χ2v) is 8.67. The topological polar surface area (TPSA) is 86.7 Å². The molecule has 1 aromatic rings. The number of carbonyl (C=O) groups is 1. The molecule has 1 unspecified atom stereocenters. The van der Waals surface area contributed by atoms with Gasteiger partial charge in [-0.2, -0.15) is 0 Å². The fourth-order valence-corrected chi connectivity index (χ4v) is 3.59. The van der Waals surface area contributed by atoms with Gasteiger partial charge in [-0.05, 0) is 39.8 Å². The maximum atomic E-state index is 13.0. The minimum atomic E-state index is -0.844. The minimum absolute atomic E-state index is 0.0897. The number of aliphatic hydroxyl groups excluding tert-OH is 1. The van der Waals surface area contributed by atoms with Crippen LogP contribution in [0.3, 0.4) is 0 Å². The van der Waals surface area contributed by atoms with Crippen molar-refractivity contribution >= 4 is 5.91 Å². The van der Waals surface area contributed by atoms with Gasteiger partial charge in [0.15, 0.2) is 11.6 Å². The second-order valence-electron chi connectivity index (χ2n) is 8.67. The monoisotopic (exact) mass is 423 g/mol. The first-order chi connectivity index (χ1) is 14.1. The molecule has 2 heterocycles. The predicted molar refractivity (Wildman–Crippen MR) is 109 cm³/mol. The van der Waals surface area contributed by atoms with Gasteiger partial charge in [0.2, 0.25) is 0 Å². The number of amides is 1. The van der Waals surface area contributed by atoms with Gasteiger partial charge >= 0.3 is 0 Å². The zero-order valence-electron chi connectivity index (χ0n) is 18.2. The van der Waals surface area contributed by atoms with Gasteiger partial charge in [-0.25, -0.2) is 0 Å². The van der Waals surface area contributed by atoms with Gasteiger partial charge in [0, 0.05) is 18.7 Å². The lowest BCUT2D eigenvalue weighted by atomic mass is 10.1. The summed E-state index contributed by atoms with van der Waals surface area (Å²) in [4.78, 5) is 14.6. The molecule has 8 heteroatoms. The molecule has 3 rings (SSSR count). The lowest BCUT2D eigenvalue weighted by Crippen LogP contribution is -2.44. The molecular formula is C22H33NO7. The van der Waals surface area contributed by atoms with Gasteiger partial charge in [0.1, 0.15) is 12.2 Å². The Hall–Kier alpha value is -1.55. The Kier molecular flexibility index (Phi) is 7.49. The molecule has 0 aliphatic carbocycles. The van der Waals surface area contributed by atoms with Crippen molar-refractivity contribution < 1.29 is 33.6 Å². The maximum absolute atomic E-state index is 13.0. The van der Waals surface area contributed by atoms with Crippen LogP contribution in [0.15, 0.2) is 30.3 Å². The van der Waals surface area contributed by atoms with Crippen molar-refractivity contribution in [3.8, 4) is 0 Å².